The Balaban J connectivity index is 2.09. The van der Waals surface area contributed by atoms with Gasteiger partial charge in [0.15, 0.2) is 0 Å². The molecule has 0 fully saturated rings. The molecule has 1 rings (SSSR count). The molecule has 0 spiro atoms. The summed E-state index contributed by atoms with van der Waals surface area (Å²) in [5.41, 5.74) is 0. The van der Waals surface area contributed by atoms with E-state index < -0.39 is 0 Å². The van der Waals surface area contributed by atoms with Crippen molar-refractivity contribution in [3.63, 3.8) is 0 Å². The van der Waals surface area contributed by atoms with E-state index in [2.05, 4.69) is 18.3 Å². The van der Waals surface area contributed by atoms with Crippen molar-refractivity contribution in [3.05, 3.63) is 21.3 Å². The van der Waals surface area contributed by atoms with Crippen molar-refractivity contribution in [1.82, 2.24) is 5.32 Å². The maximum Gasteiger partial charge on any atom is 0.0931 e. The first-order valence-electron chi connectivity index (χ1n) is 5.29. The second kappa shape index (κ2) is 8.03. The lowest BCUT2D eigenvalue weighted by atomic mass is 10.3. The Morgan fingerprint density at radius 1 is 1.38 bits per heavy atom. The van der Waals surface area contributed by atoms with Crippen LogP contribution < -0.4 is 5.32 Å². The van der Waals surface area contributed by atoms with E-state index in [1.807, 2.05) is 6.07 Å². The summed E-state index contributed by atoms with van der Waals surface area (Å²) in [5.74, 6) is 0. The van der Waals surface area contributed by atoms with Crippen LogP contribution in [0.5, 0.6) is 0 Å². The zero-order chi connectivity index (χ0) is 11.8. The van der Waals surface area contributed by atoms with E-state index in [1.165, 1.54) is 4.88 Å². The molecule has 1 heterocycles. The Hall–Kier alpha value is -0.130. The lowest BCUT2D eigenvalue weighted by molar-refractivity contribution is 0.0712. The van der Waals surface area contributed by atoms with Gasteiger partial charge >= 0.3 is 0 Å². The highest BCUT2D eigenvalue weighted by molar-refractivity contribution is 7.16. The van der Waals surface area contributed by atoms with Crippen molar-refractivity contribution in [2.75, 3.05) is 33.5 Å². The Morgan fingerprint density at radius 3 is 2.81 bits per heavy atom. The monoisotopic (exact) mass is 263 g/mol. The molecule has 16 heavy (non-hydrogen) atoms. The largest absolute Gasteiger partial charge is 0.382 e. The molecule has 5 heteroatoms. The SMILES string of the molecule is COCCOCCNC(C)c1ccc(Cl)s1. The first-order chi connectivity index (χ1) is 7.74. The minimum Gasteiger partial charge on any atom is -0.382 e. The summed E-state index contributed by atoms with van der Waals surface area (Å²) in [6.07, 6.45) is 0. The summed E-state index contributed by atoms with van der Waals surface area (Å²) in [6.45, 7) is 4.96. The van der Waals surface area contributed by atoms with Gasteiger partial charge in [-0.05, 0) is 19.1 Å². The van der Waals surface area contributed by atoms with Gasteiger partial charge in [0.1, 0.15) is 0 Å². The molecule has 0 radical (unpaired) electrons. The first-order valence-corrected chi connectivity index (χ1v) is 6.48. The van der Waals surface area contributed by atoms with E-state index in [1.54, 1.807) is 18.4 Å². The summed E-state index contributed by atoms with van der Waals surface area (Å²) in [5, 5.41) is 3.38. The highest BCUT2D eigenvalue weighted by atomic mass is 35.5. The molecule has 1 N–H and O–H groups in total. The van der Waals surface area contributed by atoms with Crippen LogP contribution in [0.4, 0.5) is 0 Å². The molecule has 1 aromatic heterocycles. The number of methoxy groups -OCH3 is 1. The maximum absolute atomic E-state index is 5.88. The normalized spacial score (nSPS) is 12.9. The van der Waals surface area contributed by atoms with Crippen LogP contribution in [0.3, 0.4) is 0 Å². The molecular weight excluding hydrogens is 246 g/mol. The predicted octanol–water partition coefficient (Wildman–Crippen LogP) is 2.72. The number of nitrogens with one attached hydrogen (secondary N) is 1. The van der Waals surface area contributed by atoms with E-state index in [-0.39, 0.29) is 0 Å². The third kappa shape index (κ3) is 5.27. The van der Waals surface area contributed by atoms with Gasteiger partial charge in [-0.2, -0.15) is 0 Å². The van der Waals surface area contributed by atoms with Crippen molar-refractivity contribution in [2.45, 2.75) is 13.0 Å². The third-order valence-electron chi connectivity index (χ3n) is 2.15. The van der Waals surface area contributed by atoms with Gasteiger partial charge in [0, 0.05) is 24.6 Å². The standard InChI is InChI=1S/C11H18ClNO2S/c1-9(10-3-4-11(12)16-10)13-5-6-15-8-7-14-2/h3-4,9,13H,5-8H2,1-2H3. The van der Waals surface area contributed by atoms with Crippen LogP contribution in [0.1, 0.15) is 17.8 Å². The van der Waals surface area contributed by atoms with Crippen LogP contribution in [0, 0.1) is 0 Å². The van der Waals surface area contributed by atoms with Crippen molar-refractivity contribution in [2.24, 2.45) is 0 Å². The fourth-order valence-electron chi connectivity index (χ4n) is 1.25. The van der Waals surface area contributed by atoms with Crippen molar-refractivity contribution >= 4 is 22.9 Å². The highest BCUT2D eigenvalue weighted by Crippen LogP contribution is 2.26. The second-order valence-electron chi connectivity index (χ2n) is 3.42. The average Bonchev–Trinajstić information content (AvgIpc) is 2.70. The van der Waals surface area contributed by atoms with Crippen LogP contribution >= 0.6 is 22.9 Å². The molecule has 92 valence electrons. The van der Waals surface area contributed by atoms with Gasteiger partial charge in [-0.3, -0.25) is 0 Å². The summed E-state index contributed by atoms with van der Waals surface area (Å²) in [4.78, 5) is 1.25. The first kappa shape index (κ1) is 13.9. The Morgan fingerprint density at radius 2 is 2.19 bits per heavy atom. The fraction of sp³-hybridized carbons (Fsp3) is 0.636. The van der Waals surface area contributed by atoms with Crippen molar-refractivity contribution in [3.8, 4) is 0 Å². The minimum absolute atomic E-state index is 0.323. The van der Waals surface area contributed by atoms with Gasteiger partial charge in [0.05, 0.1) is 24.2 Å². The molecule has 0 saturated carbocycles. The van der Waals surface area contributed by atoms with Gasteiger partial charge in [0.2, 0.25) is 0 Å². The molecule has 1 atom stereocenters. The number of halogens is 1. The lowest BCUT2D eigenvalue weighted by Gasteiger charge is -2.11. The molecule has 0 aliphatic rings. The smallest absolute Gasteiger partial charge is 0.0931 e. The summed E-state index contributed by atoms with van der Waals surface area (Å²) in [6, 6.07) is 4.30. The van der Waals surface area contributed by atoms with Crippen LogP contribution in [0.2, 0.25) is 4.34 Å². The average molecular weight is 264 g/mol. The van der Waals surface area contributed by atoms with Crippen molar-refractivity contribution in [1.29, 1.82) is 0 Å². The second-order valence-corrected chi connectivity index (χ2v) is 5.17. The van der Waals surface area contributed by atoms with Crippen molar-refractivity contribution < 1.29 is 9.47 Å². The summed E-state index contributed by atoms with van der Waals surface area (Å²) < 4.78 is 11.1. The molecule has 1 aromatic rings. The van der Waals surface area contributed by atoms with E-state index in [0.717, 1.165) is 10.9 Å². The van der Waals surface area contributed by atoms with Gasteiger partial charge in [-0.25, -0.2) is 0 Å². The lowest BCUT2D eigenvalue weighted by Crippen LogP contribution is -2.23. The molecule has 0 bridgehead atoms. The zero-order valence-electron chi connectivity index (χ0n) is 9.66. The van der Waals surface area contributed by atoms with Gasteiger partial charge in [0.25, 0.3) is 0 Å². The van der Waals surface area contributed by atoms with E-state index in [9.17, 15) is 0 Å². The molecule has 0 aliphatic carbocycles. The Kier molecular flexibility index (Phi) is 7.00. The van der Waals surface area contributed by atoms with E-state index >= 15 is 0 Å². The number of rotatable bonds is 8. The molecule has 0 aromatic carbocycles. The molecule has 1 unspecified atom stereocenters. The Labute approximate surface area is 106 Å². The predicted molar refractivity (Wildman–Crippen MR) is 68.4 cm³/mol. The highest BCUT2D eigenvalue weighted by Gasteiger charge is 2.06. The zero-order valence-corrected chi connectivity index (χ0v) is 11.2. The maximum atomic E-state index is 5.88. The van der Waals surface area contributed by atoms with Crippen LogP contribution in [0.25, 0.3) is 0 Å². The van der Waals surface area contributed by atoms with Crippen LogP contribution in [-0.4, -0.2) is 33.5 Å². The molecule has 0 saturated heterocycles. The van der Waals surface area contributed by atoms with Gasteiger partial charge in [-0.1, -0.05) is 11.6 Å². The topological polar surface area (TPSA) is 30.5 Å². The van der Waals surface area contributed by atoms with E-state index in [4.69, 9.17) is 21.1 Å². The van der Waals surface area contributed by atoms with Crippen LogP contribution in [0.15, 0.2) is 12.1 Å². The molecule has 0 amide bonds. The van der Waals surface area contributed by atoms with Gasteiger partial charge < -0.3 is 14.8 Å². The quantitative estimate of drug-likeness (QED) is 0.732. The van der Waals surface area contributed by atoms with E-state index in [0.29, 0.717) is 25.9 Å². The van der Waals surface area contributed by atoms with Crippen LogP contribution in [-0.2, 0) is 9.47 Å². The number of hydrogen-bond acceptors (Lipinski definition) is 4. The molecule has 0 aliphatic heterocycles. The Bertz CT molecular complexity index is 293. The summed E-state index contributed by atoms with van der Waals surface area (Å²) in [7, 11) is 1.67. The number of thiophene rings is 1. The molecular formula is C11H18ClNO2S. The summed E-state index contributed by atoms with van der Waals surface area (Å²) >= 11 is 7.49. The van der Waals surface area contributed by atoms with Gasteiger partial charge in [-0.15, -0.1) is 11.3 Å². The fourth-order valence-corrected chi connectivity index (χ4v) is 2.34. The third-order valence-corrected chi connectivity index (χ3v) is 3.56. The number of ether oxygens (including phenoxy) is 2. The molecule has 3 nitrogen and oxygen atoms in total. The minimum atomic E-state index is 0.323. The number of hydrogen-bond donors (Lipinski definition) is 1.